The van der Waals surface area contributed by atoms with E-state index in [0.29, 0.717) is 31.1 Å². The number of carbonyl (C=O) groups excluding carboxylic acids is 1. The number of hydrogen-bond acceptors (Lipinski definition) is 6. The fraction of sp³-hybridized carbons (Fsp3) is 0.290. The van der Waals surface area contributed by atoms with Crippen molar-refractivity contribution in [2.24, 2.45) is 4.99 Å². The first-order valence-electron chi connectivity index (χ1n) is 13.1. The van der Waals surface area contributed by atoms with Gasteiger partial charge in [0.25, 0.3) is 5.91 Å². The Labute approximate surface area is 223 Å². The van der Waals surface area contributed by atoms with Crippen LogP contribution >= 0.6 is 0 Å². The fourth-order valence-electron chi connectivity index (χ4n) is 4.76. The second-order valence-electron chi connectivity index (χ2n) is 9.68. The SMILES string of the molecule is O=C(NNC1Cc2ccccc2C1)[C@]1(C/C=C/c2ccccc2)COC(c2ccc(OCCCO)cc2)=N1. The maximum atomic E-state index is 13.6. The maximum Gasteiger partial charge on any atom is 0.266 e. The van der Waals surface area contributed by atoms with Gasteiger partial charge in [0.1, 0.15) is 12.4 Å². The smallest absolute Gasteiger partial charge is 0.266 e. The zero-order chi connectivity index (χ0) is 26.2. The minimum atomic E-state index is -1.09. The number of ether oxygens (including phenoxy) is 2. The van der Waals surface area contributed by atoms with Crippen molar-refractivity contribution in [2.45, 2.75) is 37.3 Å². The van der Waals surface area contributed by atoms with Crippen LogP contribution in [0.25, 0.3) is 6.08 Å². The van der Waals surface area contributed by atoms with E-state index < -0.39 is 5.54 Å². The highest BCUT2D eigenvalue weighted by molar-refractivity contribution is 6.00. The third kappa shape index (κ3) is 6.13. The number of amides is 1. The standard InChI is InChI=1S/C31H33N3O4/c35-18-7-19-37-28-15-13-24(14-16-28)29-32-31(22-38-29,17-6-10-23-8-2-1-3-9-23)30(36)34-33-27-20-25-11-4-5-12-26(25)21-27/h1-6,8-16,27,33,35H,7,17-22H2,(H,34,36)/b10-6+/t31-/m0/s1. The second-order valence-corrected chi connectivity index (χ2v) is 9.68. The molecule has 7 nitrogen and oxygen atoms in total. The Morgan fingerprint density at radius 1 is 1.03 bits per heavy atom. The Hall–Kier alpha value is -3.94. The molecule has 0 aromatic heterocycles. The molecule has 0 saturated carbocycles. The zero-order valence-electron chi connectivity index (χ0n) is 21.3. The molecule has 7 heteroatoms. The van der Waals surface area contributed by atoms with Crippen molar-refractivity contribution in [3.63, 3.8) is 0 Å². The molecule has 2 aliphatic rings. The Morgan fingerprint density at radius 2 is 1.74 bits per heavy atom. The average Bonchev–Trinajstić information content (AvgIpc) is 3.58. The molecule has 0 radical (unpaired) electrons. The number of benzene rings is 3. The van der Waals surface area contributed by atoms with Crippen LogP contribution in [0.2, 0.25) is 0 Å². The average molecular weight is 512 g/mol. The van der Waals surface area contributed by atoms with Crippen LogP contribution in [0.1, 0.15) is 35.1 Å². The third-order valence-corrected chi connectivity index (χ3v) is 6.86. The van der Waals surface area contributed by atoms with E-state index in [1.54, 1.807) is 0 Å². The number of rotatable bonds is 11. The molecule has 0 unspecified atom stereocenters. The predicted molar refractivity (Wildman–Crippen MR) is 148 cm³/mol. The van der Waals surface area contributed by atoms with Crippen LogP contribution in [-0.2, 0) is 22.4 Å². The van der Waals surface area contributed by atoms with Gasteiger partial charge in [-0.3, -0.25) is 10.2 Å². The van der Waals surface area contributed by atoms with Gasteiger partial charge in [0.05, 0.1) is 6.61 Å². The first-order chi connectivity index (χ1) is 18.6. The lowest BCUT2D eigenvalue weighted by atomic mass is 9.95. The first kappa shape index (κ1) is 25.7. The molecule has 5 rings (SSSR count). The van der Waals surface area contributed by atoms with Crippen LogP contribution in [0.15, 0.2) is 89.9 Å². The molecule has 0 saturated heterocycles. The van der Waals surface area contributed by atoms with Crippen molar-refractivity contribution < 1.29 is 19.4 Å². The summed E-state index contributed by atoms with van der Waals surface area (Å²) in [5.74, 6) is 0.922. The quantitative estimate of drug-likeness (QED) is 0.269. The lowest BCUT2D eigenvalue weighted by Gasteiger charge is -2.23. The highest BCUT2D eigenvalue weighted by atomic mass is 16.5. The molecule has 3 aromatic rings. The molecule has 1 amide bonds. The molecular weight excluding hydrogens is 478 g/mol. The summed E-state index contributed by atoms with van der Waals surface area (Å²) in [5, 5.41) is 8.94. The molecule has 196 valence electrons. The van der Waals surface area contributed by atoms with Gasteiger partial charge in [-0.25, -0.2) is 10.4 Å². The molecule has 3 N–H and O–H groups in total. The van der Waals surface area contributed by atoms with Gasteiger partial charge in [-0.2, -0.15) is 0 Å². The van der Waals surface area contributed by atoms with E-state index >= 15 is 0 Å². The number of aliphatic hydroxyl groups excluding tert-OH is 1. The van der Waals surface area contributed by atoms with Crippen molar-refractivity contribution in [1.29, 1.82) is 0 Å². The number of hydrazine groups is 1. The largest absolute Gasteiger partial charge is 0.494 e. The monoisotopic (exact) mass is 511 g/mol. The number of nitrogens with zero attached hydrogens (tertiary/aromatic N) is 1. The molecular formula is C31H33N3O4. The summed E-state index contributed by atoms with van der Waals surface area (Å²) in [6, 6.07) is 25.9. The molecule has 0 fully saturated rings. The van der Waals surface area contributed by atoms with Crippen molar-refractivity contribution in [1.82, 2.24) is 10.9 Å². The maximum absolute atomic E-state index is 13.6. The minimum absolute atomic E-state index is 0.0914. The molecule has 1 aliphatic carbocycles. The van der Waals surface area contributed by atoms with E-state index in [0.717, 1.165) is 24.0 Å². The van der Waals surface area contributed by atoms with Crippen molar-refractivity contribution in [2.75, 3.05) is 19.8 Å². The molecule has 1 aliphatic heterocycles. The van der Waals surface area contributed by atoms with Gasteiger partial charge in [0.15, 0.2) is 5.54 Å². The normalized spacial score (nSPS) is 18.7. The van der Waals surface area contributed by atoms with E-state index in [-0.39, 0.29) is 25.2 Å². The van der Waals surface area contributed by atoms with Gasteiger partial charge in [0.2, 0.25) is 5.90 Å². The Kier molecular flexibility index (Phi) is 8.16. The summed E-state index contributed by atoms with van der Waals surface area (Å²) in [5.41, 5.74) is 9.57. The lowest BCUT2D eigenvalue weighted by Crippen LogP contribution is -2.54. The number of carbonyl (C=O) groups is 1. The Balaban J connectivity index is 1.30. The van der Waals surface area contributed by atoms with Gasteiger partial charge >= 0.3 is 0 Å². The summed E-state index contributed by atoms with van der Waals surface area (Å²) < 4.78 is 11.6. The van der Waals surface area contributed by atoms with Crippen LogP contribution in [-0.4, -0.2) is 48.3 Å². The second kappa shape index (κ2) is 12.1. The van der Waals surface area contributed by atoms with Crippen LogP contribution in [0, 0.1) is 0 Å². The molecule has 0 bridgehead atoms. The molecule has 3 aromatic carbocycles. The van der Waals surface area contributed by atoms with Gasteiger partial charge in [-0.05, 0) is 53.8 Å². The van der Waals surface area contributed by atoms with Crippen LogP contribution in [0.5, 0.6) is 5.75 Å². The highest BCUT2D eigenvalue weighted by Crippen LogP contribution is 2.28. The number of nitrogens with one attached hydrogen (secondary N) is 2. The Morgan fingerprint density at radius 3 is 2.45 bits per heavy atom. The number of aliphatic hydroxyl groups is 1. The predicted octanol–water partition coefficient (Wildman–Crippen LogP) is 3.86. The lowest BCUT2D eigenvalue weighted by molar-refractivity contribution is -0.127. The van der Waals surface area contributed by atoms with E-state index in [1.807, 2.05) is 78.9 Å². The van der Waals surface area contributed by atoms with Crippen molar-refractivity contribution in [3.8, 4) is 5.75 Å². The summed E-state index contributed by atoms with van der Waals surface area (Å²) in [7, 11) is 0. The highest BCUT2D eigenvalue weighted by Gasteiger charge is 2.44. The first-order valence-corrected chi connectivity index (χ1v) is 13.1. The topological polar surface area (TPSA) is 92.2 Å². The van der Waals surface area contributed by atoms with Crippen LogP contribution < -0.4 is 15.6 Å². The fourth-order valence-corrected chi connectivity index (χ4v) is 4.76. The van der Waals surface area contributed by atoms with E-state index in [1.165, 1.54) is 11.1 Å². The van der Waals surface area contributed by atoms with Crippen molar-refractivity contribution >= 4 is 17.9 Å². The summed E-state index contributed by atoms with van der Waals surface area (Å²) >= 11 is 0. The third-order valence-electron chi connectivity index (χ3n) is 6.86. The van der Waals surface area contributed by atoms with Crippen LogP contribution in [0.4, 0.5) is 0 Å². The van der Waals surface area contributed by atoms with E-state index in [9.17, 15) is 4.79 Å². The van der Waals surface area contributed by atoms with Gasteiger partial charge in [-0.15, -0.1) is 0 Å². The number of fused-ring (bicyclic) bond motifs is 1. The van der Waals surface area contributed by atoms with Crippen molar-refractivity contribution in [3.05, 3.63) is 107 Å². The molecule has 1 heterocycles. The van der Waals surface area contributed by atoms with Gasteiger partial charge < -0.3 is 14.6 Å². The minimum Gasteiger partial charge on any atom is -0.494 e. The van der Waals surface area contributed by atoms with Gasteiger partial charge in [0, 0.05) is 31.1 Å². The molecule has 1 atom stereocenters. The Bertz CT molecular complexity index is 1260. The number of aliphatic imine (C=N–C) groups is 1. The van der Waals surface area contributed by atoms with Crippen LogP contribution in [0.3, 0.4) is 0 Å². The molecule has 0 spiro atoms. The zero-order valence-corrected chi connectivity index (χ0v) is 21.3. The van der Waals surface area contributed by atoms with E-state index in [2.05, 4.69) is 23.0 Å². The summed E-state index contributed by atoms with van der Waals surface area (Å²) in [6.07, 6.45) is 6.69. The molecule has 38 heavy (non-hydrogen) atoms. The summed E-state index contributed by atoms with van der Waals surface area (Å²) in [6.45, 7) is 0.687. The van der Waals surface area contributed by atoms with Gasteiger partial charge in [-0.1, -0.05) is 66.7 Å². The number of hydrogen-bond donors (Lipinski definition) is 3. The summed E-state index contributed by atoms with van der Waals surface area (Å²) in [4.78, 5) is 18.4. The van der Waals surface area contributed by atoms with E-state index in [4.69, 9.17) is 19.6 Å².